The topological polar surface area (TPSA) is 102 Å². The van der Waals surface area contributed by atoms with Gasteiger partial charge in [0.05, 0.1) is 5.92 Å². The summed E-state index contributed by atoms with van der Waals surface area (Å²) in [5.74, 6) is -2.93. The quantitative estimate of drug-likeness (QED) is 0.586. The van der Waals surface area contributed by atoms with Crippen LogP contribution in [0.3, 0.4) is 0 Å². The van der Waals surface area contributed by atoms with Crippen LogP contribution in [0.1, 0.15) is 39.1 Å². The lowest BCUT2D eigenvalue weighted by Crippen LogP contribution is -2.31. The third kappa shape index (κ3) is 4.22. The van der Waals surface area contributed by atoms with Crippen molar-refractivity contribution in [3.63, 3.8) is 0 Å². The smallest absolute Gasteiger partial charge is 0.325 e. The van der Waals surface area contributed by atoms with Crippen molar-refractivity contribution in [1.29, 1.82) is 0 Å². The molecule has 28 heavy (non-hydrogen) atoms. The van der Waals surface area contributed by atoms with Crippen molar-refractivity contribution in [2.24, 2.45) is 0 Å². The van der Waals surface area contributed by atoms with Gasteiger partial charge in [-0.05, 0) is 48.9 Å². The lowest BCUT2D eigenvalue weighted by Gasteiger charge is -2.08. The van der Waals surface area contributed by atoms with Gasteiger partial charge in [-0.15, -0.1) is 0 Å². The van der Waals surface area contributed by atoms with E-state index >= 15 is 0 Å². The Morgan fingerprint density at radius 2 is 1.93 bits per heavy atom. The molecule has 2 aromatic carbocycles. The second kappa shape index (κ2) is 7.99. The highest BCUT2D eigenvalue weighted by atomic mass is 19.1. The van der Waals surface area contributed by atoms with Gasteiger partial charge < -0.3 is 15.4 Å². The summed E-state index contributed by atoms with van der Waals surface area (Å²) in [6.07, 6.45) is 0. The molecule has 1 heterocycles. The van der Waals surface area contributed by atoms with E-state index in [4.69, 9.17) is 4.74 Å². The first kappa shape index (κ1) is 19.2. The summed E-state index contributed by atoms with van der Waals surface area (Å²) < 4.78 is 18.0. The first-order chi connectivity index (χ1) is 13.3. The Balaban J connectivity index is 1.50. The Hall–Kier alpha value is -3.55. The van der Waals surface area contributed by atoms with E-state index in [0.29, 0.717) is 16.8 Å². The number of hydrogen-bond donors (Lipinski definition) is 2. The molecule has 1 aliphatic heterocycles. The van der Waals surface area contributed by atoms with Crippen LogP contribution in [0, 0.1) is 5.82 Å². The summed E-state index contributed by atoms with van der Waals surface area (Å²) in [7, 11) is 0. The minimum absolute atomic E-state index is 0.0688. The molecule has 0 spiro atoms. The largest absolute Gasteiger partial charge is 0.456 e. The number of nitrogens with one attached hydrogen (secondary N) is 2. The average molecular weight is 384 g/mol. The van der Waals surface area contributed by atoms with Crippen molar-refractivity contribution in [1.82, 2.24) is 5.32 Å². The Bertz CT molecular complexity index is 973. The molecule has 0 unspecified atom stereocenters. The summed E-state index contributed by atoms with van der Waals surface area (Å²) in [4.78, 5) is 47.5. The Labute approximate surface area is 159 Å². The number of amides is 2. The number of halogens is 1. The lowest BCUT2D eigenvalue weighted by molar-refractivity contribution is -0.141. The normalized spacial score (nSPS) is 14.8. The van der Waals surface area contributed by atoms with E-state index in [1.54, 1.807) is 25.1 Å². The van der Waals surface area contributed by atoms with Crippen LogP contribution >= 0.6 is 0 Å². The Morgan fingerprint density at radius 1 is 1.14 bits per heavy atom. The third-order valence-electron chi connectivity index (χ3n) is 4.34. The number of ether oxygens (including phenoxy) is 1. The van der Waals surface area contributed by atoms with Crippen LogP contribution in [0.15, 0.2) is 42.5 Å². The highest BCUT2D eigenvalue weighted by Crippen LogP contribution is 2.32. The number of carbonyl (C=O) groups is 4. The van der Waals surface area contributed by atoms with Gasteiger partial charge >= 0.3 is 5.97 Å². The van der Waals surface area contributed by atoms with Gasteiger partial charge in [0.2, 0.25) is 5.91 Å². The summed E-state index contributed by atoms with van der Waals surface area (Å²) in [5, 5.41) is 5.01. The van der Waals surface area contributed by atoms with E-state index in [0.717, 1.165) is 6.07 Å². The predicted octanol–water partition coefficient (Wildman–Crippen LogP) is 2.04. The van der Waals surface area contributed by atoms with E-state index in [1.165, 1.54) is 18.2 Å². The molecule has 3 rings (SSSR count). The molecule has 2 amide bonds. The zero-order chi connectivity index (χ0) is 20.3. The van der Waals surface area contributed by atoms with Crippen LogP contribution in [-0.4, -0.2) is 36.7 Å². The first-order valence-electron chi connectivity index (χ1n) is 8.52. The second-order valence-corrected chi connectivity index (χ2v) is 6.29. The zero-order valence-corrected chi connectivity index (χ0v) is 15.0. The fourth-order valence-corrected chi connectivity index (χ4v) is 2.76. The van der Waals surface area contributed by atoms with E-state index < -0.39 is 36.6 Å². The van der Waals surface area contributed by atoms with Gasteiger partial charge in [-0.25, -0.2) is 4.39 Å². The van der Waals surface area contributed by atoms with Crippen molar-refractivity contribution in [3.8, 4) is 0 Å². The van der Waals surface area contributed by atoms with Gasteiger partial charge in [-0.1, -0.05) is 6.07 Å². The van der Waals surface area contributed by atoms with Gasteiger partial charge in [0.15, 0.2) is 12.4 Å². The molecule has 8 heteroatoms. The molecule has 1 aliphatic rings. The predicted molar refractivity (Wildman–Crippen MR) is 97.5 cm³/mol. The van der Waals surface area contributed by atoms with Crippen molar-refractivity contribution in [2.75, 3.05) is 18.5 Å². The SMILES string of the molecule is C[C@H]1C(=O)Nc2ccc(C(=O)COC(=O)CNC(=O)c3cccc(F)c3)cc21. The van der Waals surface area contributed by atoms with Crippen LogP contribution in [0.4, 0.5) is 10.1 Å². The third-order valence-corrected chi connectivity index (χ3v) is 4.34. The fourth-order valence-electron chi connectivity index (χ4n) is 2.76. The molecule has 2 N–H and O–H groups in total. The van der Waals surface area contributed by atoms with Crippen molar-refractivity contribution >= 4 is 29.3 Å². The maximum absolute atomic E-state index is 13.1. The molecule has 1 atom stereocenters. The molecular formula is C20H17FN2O5. The van der Waals surface area contributed by atoms with Crippen LogP contribution < -0.4 is 10.6 Å². The molecule has 0 bridgehead atoms. The number of rotatable bonds is 6. The van der Waals surface area contributed by atoms with Crippen LogP contribution in [0.2, 0.25) is 0 Å². The molecule has 0 aromatic heterocycles. The molecule has 0 saturated heterocycles. The van der Waals surface area contributed by atoms with E-state index in [2.05, 4.69) is 10.6 Å². The Morgan fingerprint density at radius 3 is 2.68 bits per heavy atom. The molecule has 2 aromatic rings. The highest BCUT2D eigenvalue weighted by molar-refractivity contribution is 6.05. The fraction of sp³-hybridized carbons (Fsp3) is 0.200. The molecule has 144 valence electrons. The molecular weight excluding hydrogens is 367 g/mol. The molecule has 0 radical (unpaired) electrons. The molecule has 0 fully saturated rings. The highest BCUT2D eigenvalue weighted by Gasteiger charge is 2.27. The molecule has 7 nitrogen and oxygen atoms in total. The number of hydrogen-bond acceptors (Lipinski definition) is 5. The standard InChI is InChI=1S/C20H17FN2O5/c1-11-15-8-12(5-6-16(15)23-19(11)26)17(24)10-28-18(25)9-22-20(27)13-3-2-4-14(21)7-13/h2-8,11H,9-10H2,1H3,(H,22,27)(H,23,26)/t11-/m1/s1. The van der Waals surface area contributed by atoms with Crippen LogP contribution in [0.25, 0.3) is 0 Å². The van der Waals surface area contributed by atoms with E-state index in [1.807, 2.05) is 0 Å². The lowest BCUT2D eigenvalue weighted by atomic mass is 9.99. The first-order valence-corrected chi connectivity index (χ1v) is 8.52. The van der Waals surface area contributed by atoms with Gasteiger partial charge in [-0.2, -0.15) is 0 Å². The van der Waals surface area contributed by atoms with Gasteiger partial charge in [0, 0.05) is 16.8 Å². The maximum atomic E-state index is 13.1. The summed E-state index contributed by atoms with van der Waals surface area (Å²) in [6, 6.07) is 9.79. The maximum Gasteiger partial charge on any atom is 0.325 e. The van der Waals surface area contributed by atoms with Crippen LogP contribution in [0.5, 0.6) is 0 Å². The monoisotopic (exact) mass is 384 g/mol. The zero-order valence-electron chi connectivity index (χ0n) is 15.0. The summed E-state index contributed by atoms with van der Waals surface area (Å²) >= 11 is 0. The minimum Gasteiger partial charge on any atom is -0.456 e. The van der Waals surface area contributed by atoms with Gasteiger partial charge in [0.1, 0.15) is 12.4 Å². The van der Waals surface area contributed by atoms with E-state index in [-0.39, 0.29) is 17.4 Å². The average Bonchev–Trinajstić information content (AvgIpc) is 2.97. The van der Waals surface area contributed by atoms with Gasteiger partial charge in [0.25, 0.3) is 5.91 Å². The molecule has 0 aliphatic carbocycles. The Kier molecular flexibility index (Phi) is 5.49. The summed E-state index contributed by atoms with van der Waals surface area (Å²) in [5.41, 5.74) is 1.76. The number of esters is 1. The number of benzene rings is 2. The second-order valence-electron chi connectivity index (χ2n) is 6.29. The number of fused-ring (bicyclic) bond motifs is 1. The van der Waals surface area contributed by atoms with Gasteiger partial charge in [-0.3, -0.25) is 19.2 Å². The van der Waals surface area contributed by atoms with Crippen molar-refractivity contribution in [3.05, 3.63) is 65.0 Å². The summed E-state index contributed by atoms with van der Waals surface area (Å²) in [6.45, 7) is 0.780. The number of carbonyl (C=O) groups excluding carboxylic acids is 4. The van der Waals surface area contributed by atoms with Crippen molar-refractivity contribution < 1.29 is 28.3 Å². The number of ketones is 1. The van der Waals surface area contributed by atoms with E-state index in [9.17, 15) is 23.6 Å². The molecule has 0 saturated carbocycles. The van der Waals surface area contributed by atoms with Crippen LogP contribution in [-0.2, 0) is 14.3 Å². The number of anilines is 1. The minimum atomic E-state index is -0.801. The number of Topliss-reactive ketones (excluding diaryl/α,β-unsaturated/α-hetero) is 1. The van der Waals surface area contributed by atoms with Crippen molar-refractivity contribution in [2.45, 2.75) is 12.8 Å².